The van der Waals surface area contributed by atoms with E-state index in [-0.39, 0.29) is 24.0 Å². The van der Waals surface area contributed by atoms with E-state index in [1.165, 1.54) is 13.0 Å². The quantitative estimate of drug-likeness (QED) is 0.364. The molecule has 1 aliphatic heterocycles. The van der Waals surface area contributed by atoms with Crippen LogP contribution in [0.4, 0.5) is 0 Å². The molecule has 2 fully saturated rings. The Balaban J connectivity index is 0.00000264. The summed E-state index contributed by atoms with van der Waals surface area (Å²) in [6.45, 7) is 13.6. The smallest absolute Gasteiger partial charge is 0.194 e. The zero-order valence-corrected chi connectivity index (χ0v) is 17.4. The lowest BCUT2D eigenvalue weighted by molar-refractivity contribution is -0.0237. The average molecular weight is 438 g/mol. The summed E-state index contributed by atoms with van der Waals surface area (Å²) in [5, 5.41) is 13.6. The second-order valence-electron chi connectivity index (χ2n) is 6.83. The summed E-state index contributed by atoms with van der Waals surface area (Å²) in [7, 11) is 0. The third-order valence-corrected chi connectivity index (χ3v) is 5.14. The van der Waals surface area contributed by atoms with E-state index >= 15 is 0 Å². The minimum absolute atomic E-state index is 0. The van der Waals surface area contributed by atoms with E-state index in [0.29, 0.717) is 6.54 Å². The molecule has 1 unspecified atom stereocenters. The van der Waals surface area contributed by atoms with Gasteiger partial charge in [0.05, 0.1) is 12.1 Å². The SMILES string of the molecule is CCNC(=NCC1(O)CCC1)N1CCC(CN(CC)CC)C1.I. The Labute approximate surface area is 158 Å². The van der Waals surface area contributed by atoms with Gasteiger partial charge in [-0.25, -0.2) is 0 Å². The van der Waals surface area contributed by atoms with Crippen molar-refractivity contribution in [2.24, 2.45) is 10.9 Å². The van der Waals surface area contributed by atoms with Crippen LogP contribution in [0, 0.1) is 5.92 Å². The number of guanidine groups is 1. The molecule has 0 bridgehead atoms. The van der Waals surface area contributed by atoms with Crippen molar-refractivity contribution in [3.8, 4) is 0 Å². The summed E-state index contributed by atoms with van der Waals surface area (Å²) in [6.07, 6.45) is 4.18. The van der Waals surface area contributed by atoms with Crippen molar-refractivity contribution >= 4 is 29.9 Å². The van der Waals surface area contributed by atoms with Gasteiger partial charge in [-0.15, -0.1) is 24.0 Å². The van der Waals surface area contributed by atoms with Crippen molar-refractivity contribution in [1.29, 1.82) is 0 Å². The summed E-state index contributed by atoms with van der Waals surface area (Å²) >= 11 is 0. The van der Waals surface area contributed by atoms with Crippen LogP contribution in [0.2, 0.25) is 0 Å². The molecule has 1 atom stereocenters. The van der Waals surface area contributed by atoms with Gasteiger partial charge in [0.1, 0.15) is 0 Å². The second-order valence-corrected chi connectivity index (χ2v) is 6.83. The maximum absolute atomic E-state index is 10.2. The predicted octanol–water partition coefficient (Wildman–Crippen LogP) is 2.15. The van der Waals surface area contributed by atoms with Gasteiger partial charge in [0.15, 0.2) is 5.96 Å². The van der Waals surface area contributed by atoms with Gasteiger partial charge in [0.2, 0.25) is 0 Å². The standard InChI is InChI=1S/C17H34N4O.HI/c1-4-18-16(19-14-17(22)9-7-10-17)21-11-8-15(13-21)12-20(5-2)6-3;/h15,22H,4-14H2,1-3H3,(H,18,19);1H. The second kappa shape index (κ2) is 10.0. The molecule has 1 aliphatic carbocycles. The van der Waals surface area contributed by atoms with Gasteiger partial charge in [0, 0.05) is 26.2 Å². The van der Waals surface area contributed by atoms with E-state index in [2.05, 4.69) is 35.9 Å². The molecule has 5 nitrogen and oxygen atoms in total. The molecule has 0 aromatic rings. The zero-order valence-electron chi connectivity index (χ0n) is 15.1. The number of halogens is 1. The highest BCUT2D eigenvalue weighted by Gasteiger charge is 2.34. The lowest BCUT2D eigenvalue weighted by Crippen LogP contribution is -2.44. The molecule has 2 N–H and O–H groups in total. The number of likely N-dealkylation sites (tertiary alicyclic amines) is 1. The summed E-state index contributed by atoms with van der Waals surface area (Å²) in [6, 6.07) is 0. The van der Waals surface area contributed by atoms with Gasteiger partial charge < -0.3 is 20.2 Å². The maximum Gasteiger partial charge on any atom is 0.194 e. The minimum Gasteiger partial charge on any atom is -0.388 e. The Bertz CT molecular complexity index is 370. The Morgan fingerprint density at radius 1 is 1.30 bits per heavy atom. The summed E-state index contributed by atoms with van der Waals surface area (Å²) in [5.74, 6) is 1.72. The molecule has 23 heavy (non-hydrogen) atoms. The number of nitrogens with zero attached hydrogens (tertiary/aromatic N) is 3. The summed E-state index contributed by atoms with van der Waals surface area (Å²) < 4.78 is 0. The highest BCUT2D eigenvalue weighted by Crippen LogP contribution is 2.31. The number of rotatable bonds is 7. The van der Waals surface area contributed by atoms with Gasteiger partial charge >= 0.3 is 0 Å². The molecule has 0 aromatic heterocycles. The number of hydrogen-bond acceptors (Lipinski definition) is 3. The fraction of sp³-hybridized carbons (Fsp3) is 0.941. The molecule has 0 radical (unpaired) electrons. The van der Waals surface area contributed by atoms with Crippen LogP contribution in [0.5, 0.6) is 0 Å². The van der Waals surface area contributed by atoms with Gasteiger partial charge in [-0.05, 0) is 51.6 Å². The molecule has 1 heterocycles. The molecule has 0 aromatic carbocycles. The first-order chi connectivity index (χ1) is 10.6. The van der Waals surface area contributed by atoms with Gasteiger partial charge in [0.25, 0.3) is 0 Å². The van der Waals surface area contributed by atoms with Crippen molar-refractivity contribution in [1.82, 2.24) is 15.1 Å². The topological polar surface area (TPSA) is 51.1 Å². The number of nitrogens with one attached hydrogen (secondary N) is 1. The van der Waals surface area contributed by atoms with Crippen molar-refractivity contribution < 1.29 is 5.11 Å². The lowest BCUT2D eigenvalue weighted by Gasteiger charge is -2.35. The van der Waals surface area contributed by atoms with E-state index < -0.39 is 5.60 Å². The molecular weight excluding hydrogens is 403 g/mol. The van der Waals surface area contributed by atoms with Crippen molar-refractivity contribution in [2.75, 3.05) is 45.8 Å². The largest absolute Gasteiger partial charge is 0.388 e. The Morgan fingerprint density at radius 2 is 2.00 bits per heavy atom. The van der Waals surface area contributed by atoms with E-state index in [0.717, 1.165) is 63.9 Å². The highest BCUT2D eigenvalue weighted by molar-refractivity contribution is 14.0. The van der Waals surface area contributed by atoms with Crippen LogP contribution in [0.15, 0.2) is 4.99 Å². The van der Waals surface area contributed by atoms with E-state index in [9.17, 15) is 5.11 Å². The summed E-state index contributed by atoms with van der Waals surface area (Å²) in [5.41, 5.74) is -0.527. The Morgan fingerprint density at radius 3 is 2.52 bits per heavy atom. The predicted molar refractivity (Wildman–Crippen MR) is 108 cm³/mol. The third kappa shape index (κ3) is 6.05. The first-order valence-corrected chi connectivity index (χ1v) is 9.08. The first-order valence-electron chi connectivity index (χ1n) is 9.08. The van der Waals surface area contributed by atoms with Crippen molar-refractivity contribution in [3.63, 3.8) is 0 Å². The molecule has 2 rings (SSSR count). The Hall–Kier alpha value is -0.0800. The number of aliphatic hydroxyl groups is 1. The van der Waals surface area contributed by atoms with E-state index in [1.807, 2.05) is 0 Å². The molecule has 0 spiro atoms. The Kier molecular flexibility index (Phi) is 9.15. The maximum atomic E-state index is 10.2. The van der Waals surface area contributed by atoms with Crippen LogP contribution < -0.4 is 5.32 Å². The van der Waals surface area contributed by atoms with Crippen LogP contribution in [0.3, 0.4) is 0 Å². The van der Waals surface area contributed by atoms with Gasteiger partial charge in [-0.3, -0.25) is 4.99 Å². The van der Waals surface area contributed by atoms with Crippen LogP contribution >= 0.6 is 24.0 Å². The fourth-order valence-corrected chi connectivity index (χ4v) is 3.41. The zero-order chi connectivity index (χ0) is 16.0. The average Bonchev–Trinajstić information content (AvgIpc) is 2.95. The van der Waals surface area contributed by atoms with E-state index in [1.54, 1.807) is 0 Å². The van der Waals surface area contributed by atoms with E-state index in [4.69, 9.17) is 4.99 Å². The monoisotopic (exact) mass is 438 g/mol. The fourth-order valence-electron chi connectivity index (χ4n) is 3.41. The lowest BCUT2D eigenvalue weighted by atomic mass is 9.80. The molecule has 1 saturated heterocycles. The molecule has 0 amide bonds. The molecule has 2 aliphatic rings. The van der Waals surface area contributed by atoms with Crippen molar-refractivity contribution in [2.45, 2.75) is 52.1 Å². The van der Waals surface area contributed by atoms with Gasteiger partial charge in [-0.2, -0.15) is 0 Å². The minimum atomic E-state index is -0.527. The number of aliphatic imine (C=N–C) groups is 1. The van der Waals surface area contributed by atoms with Crippen LogP contribution in [0.25, 0.3) is 0 Å². The van der Waals surface area contributed by atoms with Crippen LogP contribution in [0.1, 0.15) is 46.5 Å². The first kappa shape index (κ1) is 21.0. The molecule has 136 valence electrons. The van der Waals surface area contributed by atoms with Gasteiger partial charge in [-0.1, -0.05) is 13.8 Å². The molecule has 1 saturated carbocycles. The van der Waals surface area contributed by atoms with Crippen molar-refractivity contribution in [3.05, 3.63) is 0 Å². The number of hydrogen-bond donors (Lipinski definition) is 2. The van der Waals surface area contributed by atoms with Crippen LogP contribution in [-0.2, 0) is 0 Å². The highest BCUT2D eigenvalue weighted by atomic mass is 127. The normalized spacial score (nSPS) is 23.6. The molecular formula is C17H35IN4O. The summed E-state index contributed by atoms with van der Waals surface area (Å²) in [4.78, 5) is 9.59. The van der Waals surface area contributed by atoms with Crippen LogP contribution in [-0.4, -0.2) is 72.3 Å². The molecule has 6 heteroatoms. The third-order valence-electron chi connectivity index (χ3n) is 5.14.